The van der Waals surface area contributed by atoms with Crippen LogP contribution in [0.15, 0.2) is 81.1 Å². The van der Waals surface area contributed by atoms with E-state index >= 15 is 0 Å². The standard InChI is InChI=1S/C27H39N2O3PS/c1-5-11-24(26-20-32-27(28-7-3)25(6-2)29-26)13-10-12-22-14-16-23(17-15-22)21-33(30,31)18-8-9-19-34-4/h5-6,8-13,18-19,22-23H,7,14-17,20-21H2,1-4H3,(H,30,31)/b11-5-,12-10+,18-8+,19-9-,24-13+,25-6+,28-27+/t22-,23-. The Morgan fingerprint density at radius 1 is 1.24 bits per heavy atom. The van der Waals surface area contributed by atoms with Crippen LogP contribution in [-0.4, -0.2) is 42.1 Å². The maximum absolute atomic E-state index is 12.5. The molecule has 0 spiro atoms. The van der Waals surface area contributed by atoms with Crippen LogP contribution in [0.2, 0.25) is 0 Å². The van der Waals surface area contributed by atoms with Gasteiger partial charge in [-0.05, 0) is 75.5 Å². The second kappa shape index (κ2) is 15.2. The molecule has 186 valence electrons. The predicted molar refractivity (Wildman–Crippen MR) is 149 cm³/mol. The summed E-state index contributed by atoms with van der Waals surface area (Å²) in [5, 5.41) is 1.90. The lowest BCUT2D eigenvalue weighted by Gasteiger charge is -2.27. The number of rotatable bonds is 10. The van der Waals surface area contributed by atoms with E-state index in [1.54, 1.807) is 17.8 Å². The molecule has 1 fully saturated rings. The molecule has 0 aromatic heterocycles. The summed E-state index contributed by atoms with van der Waals surface area (Å²) in [6.07, 6.45) is 22.4. The minimum absolute atomic E-state index is 0.316. The Morgan fingerprint density at radius 2 is 2.00 bits per heavy atom. The van der Waals surface area contributed by atoms with Crippen LogP contribution in [0.25, 0.3) is 0 Å². The molecular weight excluding hydrogens is 463 g/mol. The summed E-state index contributed by atoms with van der Waals surface area (Å²) < 4.78 is 18.3. The molecule has 7 heteroatoms. The first-order chi connectivity index (χ1) is 16.4. The molecule has 1 saturated carbocycles. The average Bonchev–Trinajstić information content (AvgIpc) is 2.82. The molecule has 1 N–H and O–H groups in total. The maximum Gasteiger partial charge on any atom is 0.235 e. The second-order valence-electron chi connectivity index (χ2n) is 8.43. The Balaban J connectivity index is 1.96. The molecule has 1 aliphatic carbocycles. The molecule has 0 amide bonds. The zero-order valence-corrected chi connectivity index (χ0v) is 22.6. The monoisotopic (exact) mass is 502 g/mol. The first kappa shape index (κ1) is 28.4. The highest BCUT2D eigenvalue weighted by Crippen LogP contribution is 2.47. The molecule has 0 radical (unpaired) electrons. The number of allylic oxidation sites excluding steroid dienone is 8. The van der Waals surface area contributed by atoms with Crippen molar-refractivity contribution in [3.8, 4) is 0 Å². The molecule has 2 rings (SSSR count). The fraction of sp³-hybridized carbons (Fsp3) is 0.481. The summed E-state index contributed by atoms with van der Waals surface area (Å²) in [6.45, 7) is 7.01. The van der Waals surface area contributed by atoms with E-state index in [0.717, 1.165) is 42.7 Å². The number of ether oxygens (including phenoxy) is 1. The average molecular weight is 503 g/mol. The van der Waals surface area contributed by atoms with Gasteiger partial charge < -0.3 is 9.63 Å². The van der Waals surface area contributed by atoms with E-state index in [2.05, 4.69) is 29.3 Å². The smallest absolute Gasteiger partial charge is 0.235 e. The third kappa shape index (κ3) is 9.77. The highest BCUT2D eigenvalue weighted by molar-refractivity contribution is 8.01. The maximum atomic E-state index is 12.5. The van der Waals surface area contributed by atoms with Gasteiger partial charge in [0.1, 0.15) is 12.3 Å². The van der Waals surface area contributed by atoms with E-state index < -0.39 is 7.37 Å². The third-order valence-corrected chi connectivity index (χ3v) is 7.90. The van der Waals surface area contributed by atoms with Gasteiger partial charge >= 0.3 is 0 Å². The first-order valence-electron chi connectivity index (χ1n) is 12.0. The van der Waals surface area contributed by atoms with Gasteiger partial charge in [0.05, 0.1) is 5.71 Å². The zero-order valence-electron chi connectivity index (χ0n) is 20.9. The van der Waals surface area contributed by atoms with Gasteiger partial charge in [-0.3, -0.25) is 9.56 Å². The topological polar surface area (TPSA) is 71.2 Å². The molecule has 0 aromatic rings. The van der Waals surface area contributed by atoms with E-state index in [4.69, 9.17) is 9.73 Å². The molecule has 0 aromatic carbocycles. The van der Waals surface area contributed by atoms with Crippen molar-refractivity contribution in [1.29, 1.82) is 0 Å². The lowest BCUT2D eigenvalue weighted by atomic mass is 9.83. The second-order valence-corrected chi connectivity index (χ2v) is 11.4. The van der Waals surface area contributed by atoms with Crippen LogP contribution in [0.1, 0.15) is 46.5 Å². The van der Waals surface area contributed by atoms with Crippen LogP contribution in [0, 0.1) is 11.8 Å². The summed E-state index contributed by atoms with van der Waals surface area (Å²) in [5.41, 5.74) is 2.71. The summed E-state index contributed by atoms with van der Waals surface area (Å²) >= 11 is 1.57. The quantitative estimate of drug-likeness (QED) is 0.251. The molecule has 1 atom stereocenters. The van der Waals surface area contributed by atoms with Crippen LogP contribution in [0.3, 0.4) is 0 Å². The number of thioether (sulfide) groups is 1. The molecular formula is C27H39N2O3PS. The van der Waals surface area contributed by atoms with E-state index in [0.29, 0.717) is 37.0 Å². The molecule has 1 heterocycles. The lowest BCUT2D eigenvalue weighted by molar-refractivity contribution is 0.326. The van der Waals surface area contributed by atoms with E-state index in [-0.39, 0.29) is 0 Å². The minimum atomic E-state index is -3.21. The first-order valence-corrected chi connectivity index (χ1v) is 15.2. The van der Waals surface area contributed by atoms with Crippen molar-refractivity contribution in [2.75, 3.05) is 25.6 Å². The highest BCUT2D eigenvalue weighted by atomic mass is 32.2. The van der Waals surface area contributed by atoms with Crippen molar-refractivity contribution >= 4 is 30.7 Å². The van der Waals surface area contributed by atoms with Crippen molar-refractivity contribution in [2.45, 2.75) is 46.5 Å². The van der Waals surface area contributed by atoms with Crippen LogP contribution >= 0.6 is 19.1 Å². The Bertz CT molecular complexity index is 949. The van der Waals surface area contributed by atoms with Gasteiger partial charge in [-0.15, -0.1) is 11.8 Å². The summed E-state index contributed by atoms with van der Waals surface area (Å²) in [6, 6.07) is 0. The van der Waals surface area contributed by atoms with Crippen LogP contribution in [0.4, 0.5) is 0 Å². The minimum Gasteiger partial charge on any atom is -0.470 e. The van der Waals surface area contributed by atoms with E-state index in [9.17, 15) is 9.46 Å². The number of hydrogen-bond donors (Lipinski definition) is 1. The normalized spacial score (nSPS) is 26.7. The summed E-state index contributed by atoms with van der Waals surface area (Å²) in [7, 11) is -3.21. The molecule has 0 bridgehead atoms. The van der Waals surface area contributed by atoms with Crippen molar-refractivity contribution < 1.29 is 14.2 Å². The largest absolute Gasteiger partial charge is 0.470 e. The predicted octanol–water partition coefficient (Wildman–Crippen LogP) is 7.31. The molecule has 34 heavy (non-hydrogen) atoms. The van der Waals surface area contributed by atoms with Gasteiger partial charge in [0, 0.05) is 18.5 Å². The van der Waals surface area contributed by atoms with Crippen LogP contribution < -0.4 is 0 Å². The lowest BCUT2D eigenvalue weighted by Crippen LogP contribution is -2.23. The van der Waals surface area contributed by atoms with Gasteiger partial charge in [-0.2, -0.15) is 0 Å². The van der Waals surface area contributed by atoms with E-state index in [1.807, 2.05) is 50.7 Å². The number of nitrogens with zero attached hydrogens (tertiary/aromatic N) is 2. The fourth-order valence-electron chi connectivity index (χ4n) is 4.09. The number of hydrogen-bond acceptors (Lipinski definition) is 5. The van der Waals surface area contributed by atoms with E-state index in [1.165, 1.54) is 5.82 Å². The van der Waals surface area contributed by atoms with Gasteiger partial charge in [-0.1, -0.05) is 48.6 Å². The van der Waals surface area contributed by atoms with Gasteiger partial charge in [0.2, 0.25) is 13.3 Å². The summed E-state index contributed by atoms with van der Waals surface area (Å²) in [5.74, 6) is 2.90. The van der Waals surface area contributed by atoms with Crippen LogP contribution in [-0.2, 0) is 9.30 Å². The van der Waals surface area contributed by atoms with Gasteiger partial charge in [0.25, 0.3) is 0 Å². The van der Waals surface area contributed by atoms with Gasteiger partial charge in [-0.25, -0.2) is 4.99 Å². The molecule has 1 unspecified atom stereocenters. The van der Waals surface area contributed by atoms with Crippen LogP contribution in [0.5, 0.6) is 0 Å². The molecule has 1 aliphatic heterocycles. The van der Waals surface area contributed by atoms with Gasteiger partial charge in [0.15, 0.2) is 0 Å². The Kier molecular flexibility index (Phi) is 12.7. The van der Waals surface area contributed by atoms with Crippen molar-refractivity contribution in [1.82, 2.24) is 0 Å². The molecule has 0 saturated heterocycles. The Morgan fingerprint density at radius 3 is 2.65 bits per heavy atom. The number of aliphatic imine (C=N–C) groups is 2. The van der Waals surface area contributed by atoms with Crippen molar-refractivity contribution in [2.24, 2.45) is 21.8 Å². The molecule has 5 nitrogen and oxygen atoms in total. The third-order valence-electron chi connectivity index (χ3n) is 5.79. The van der Waals surface area contributed by atoms with Crippen molar-refractivity contribution in [3.63, 3.8) is 0 Å². The SMILES string of the molecule is C\C=C/C(=C\C=C\[C@H]1CC[C@H](CP(=O)(O)/C=C/C=C\SC)CC1)C1=NC(=C/C)/C(=N\CC)OC1. The Labute approximate surface area is 209 Å². The fourth-order valence-corrected chi connectivity index (χ4v) is 5.93. The van der Waals surface area contributed by atoms with Crippen molar-refractivity contribution in [3.05, 3.63) is 71.1 Å². The highest BCUT2D eigenvalue weighted by Gasteiger charge is 2.26. The zero-order chi connectivity index (χ0) is 24.8. The molecule has 2 aliphatic rings. The summed E-state index contributed by atoms with van der Waals surface area (Å²) in [4.78, 5) is 19.4. The Hall–Kier alpha value is -1.88.